The highest BCUT2D eigenvalue weighted by atomic mass is 32.1. The fraction of sp³-hybridized carbons (Fsp3) is 0.125. The van der Waals surface area contributed by atoms with Crippen LogP contribution in [0.2, 0.25) is 0 Å². The number of carboxylic acids is 1. The number of fused-ring (bicyclic) bond motifs is 1. The highest BCUT2D eigenvalue weighted by molar-refractivity contribution is 7.79. The largest absolute Gasteiger partial charge is 0.478 e. The first kappa shape index (κ1) is 9.01. The van der Waals surface area contributed by atoms with Crippen LogP contribution in [0.25, 0.3) is 5.65 Å². The molecule has 0 saturated heterocycles. The molecule has 0 bridgehead atoms. The quantitative estimate of drug-likeness (QED) is 0.720. The first-order valence-electron chi connectivity index (χ1n) is 3.91. The van der Waals surface area contributed by atoms with Crippen molar-refractivity contribution >= 4 is 24.2 Å². The van der Waals surface area contributed by atoms with Gasteiger partial charge in [0.25, 0.3) is 0 Å². The molecule has 0 atom stereocenters. The van der Waals surface area contributed by atoms with Crippen LogP contribution in [0.5, 0.6) is 0 Å². The number of aromatic nitrogens is 3. The molecule has 2 aromatic rings. The Bertz CT molecular complexity index is 494. The van der Waals surface area contributed by atoms with E-state index in [9.17, 15) is 4.79 Å². The smallest absolute Gasteiger partial charge is 0.339 e. The summed E-state index contributed by atoms with van der Waals surface area (Å²) in [5.74, 6) is -0.100. The van der Waals surface area contributed by atoms with E-state index in [0.29, 0.717) is 17.2 Å². The van der Waals surface area contributed by atoms with Gasteiger partial charge >= 0.3 is 5.97 Å². The number of rotatable bonds is 2. The van der Waals surface area contributed by atoms with Gasteiger partial charge in [-0.1, -0.05) is 0 Å². The van der Waals surface area contributed by atoms with Crippen LogP contribution in [0.1, 0.15) is 16.2 Å². The summed E-state index contributed by atoms with van der Waals surface area (Å²) in [6, 6.07) is 3.11. The Labute approximate surface area is 84.8 Å². The number of nitrogens with zero attached hydrogens (tertiary/aromatic N) is 3. The van der Waals surface area contributed by atoms with Gasteiger partial charge in [0.1, 0.15) is 5.56 Å². The second kappa shape index (κ2) is 3.30. The Hall–Kier alpha value is -1.56. The Morgan fingerprint density at radius 1 is 1.64 bits per heavy atom. The molecule has 72 valence electrons. The molecule has 5 nitrogen and oxygen atoms in total. The van der Waals surface area contributed by atoms with Crippen LogP contribution in [0.4, 0.5) is 0 Å². The van der Waals surface area contributed by atoms with E-state index in [-0.39, 0.29) is 5.56 Å². The van der Waals surface area contributed by atoms with E-state index in [1.165, 1.54) is 10.6 Å². The molecular weight excluding hydrogens is 202 g/mol. The first-order chi connectivity index (χ1) is 6.72. The van der Waals surface area contributed by atoms with Gasteiger partial charge in [-0.25, -0.2) is 14.3 Å². The maximum atomic E-state index is 10.8. The van der Waals surface area contributed by atoms with Crippen molar-refractivity contribution in [3.05, 3.63) is 29.7 Å². The number of carboxylic acid groups (broad SMARTS) is 1. The standard InChI is InChI=1S/C8H7N3O2S/c12-8(13)5-2-1-3-11-7(5)9-6(4-14)10-11/h1-3,14H,4H2,(H,12,13). The van der Waals surface area contributed by atoms with Gasteiger partial charge in [0.15, 0.2) is 11.5 Å². The highest BCUT2D eigenvalue weighted by Gasteiger charge is 2.11. The molecule has 0 saturated carbocycles. The Kier molecular flexibility index (Phi) is 2.12. The van der Waals surface area contributed by atoms with Crippen LogP contribution in [-0.4, -0.2) is 25.7 Å². The number of hydrogen-bond acceptors (Lipinski definition) is 4. The summed E-state index contributed by atoms with van der Waals surface area (Å²) in [4.78, 5) is 14.9. The van der Waals surface area contributed by atoms with E-state index in [1.54, 1.807) is 12.3 Å². The molecule has 2 rings (SSSR count). The molecular formula is C8H7N3O2S. The lowest BCUT2D eigenvalue weighted by molar-refractivity contribution is 0.0698. The van der Waals surface area contributed by atoms with E-state index in [0.717, 1.165) is 0 Å². The summed E-state index contributed by atoms with van der Waals surface area (Å²) in [5.41, 5.74) is 0.497. The van der Waals surface area contributed by atoms with Crippen molar-refractivity contribution in [2.24, 2.45) is 0 Å². The molecule has 0 radical (unpaired) electrons. The fourth-order valence-corrected chi connectivity index (χ4v) is 1.32. The first-order valence-corrected chi connectivity index (χ1v) is 4.54. The van der Waals surface area contributed by atoms with Crippen LogP contribution in [0, 0.1) is 0 Å². The van der Waals surface area contributed by atoms with E-state index in [1.807, 2.05) is 0 Å². The number of thiol groups is 1. The third kappa shape index (κ3) is 1.33. The topological polar surface area (TPSA) is 67.5 Å². The third-order valence-electron chi connectivity index (χ3n) is 1.78. The van der Waals surface area contributed by atoms with Crippen molar-refractivity contribution < 1.29 is 9.90 Å². The van der Waals surface area contributed by atoms with Crippen molar-refractivity contribution in [3.8, 4) is 0 Å². The van der Waals surface area contributed by atoms with Gasteiger partial charge in [0.2, 0.25) is 0 Å². The maximum absolute atomic E-state index is 10.8. The molecule has 2 aromatic heterocycles. The summed E-state index contributed by atoms with van der Waals surface area (Å²) >= 11 is 4.02. The molecule has 0 fully saturated rings. The fourth-order valence-electron chi connectivity index (χ4n) is 1.18. The molecule has 14 heavy (non-hydrogen) atoms. The molecule has 0 aromatic carbocycles. The third-order valence-corrected chi connectivity index (χ3v) is 2.06. The van der Waals surface area contributed by atoms with Gasteiger partial charge in [0, 0.05) is 6.20 Å². The maximum Gasteiger partial charge on any atom is 0.339 e. The zero-order valence-electron chi connectivity index (χ0n) is 7.08. The summed E-state index contributed by atoms with van der Waals surface area (Å²) in [6.45, 7) is 0. The van der Waals surface area contributed by atoms with Crippen LogP contribution >= 0.6 is 12.6 Å². The minimum Gasteiger partial charge on any atom is -0.478 e. The SMILES string of the molecule is O=C(O)c1cccn2nc(CS)nc12. The Morgan fingerprint density at radius 2 is 2.43 bits per heavy atom. The van der Waals surface area contributed by atoms with Gasteiger partial charge in [-0.05, 0) is 12.1 Å². The van der Waals surface area contributed by atoms with Crippen molar-refractivity contribution in [1.29, 1.82) is 0 Å². The molecule has 2 heterocycles. The number of carbonyl (C=O) groups is 1. The van der Waals surface area contributed by atoms with Gasteiger partial charge in [0.05, 0.1) is 5.75 Å². The molecule has 0 unspecified atom stereocenters. The molecule has 0 aliphatic carbocycles. The van der Waals surface area contributed by atoms with Crippen LogP contribution in [0.3, 0.4) is 0 Å². The minimum absolute atomic E-state index is 0.146. The minimum atomic E-state index is -1.01. The van der Waals surface area contributed by atoms with Crippen molar-refractivity contribution in [2.75, 3.05) is 0 Å². The molecule has 0 amide bonds. The Morgan fingerprint density at radius 3 is 3.07 bits per heavy atom. The normalized spacial score (nSPS) is 10.6. The van der Waals surface area contributed by atoms with Crippen LogP contribution in [-0.2, 0) is 5.75 Å². The van der Waals surface area contributed by atoms with Gasteiger partial charge in [-0.2, -0.15) is 17.7 Å². The Balaban J connectivity index is 2.73. The van der Waals surface area contributed by atoms with E-state index < -0.39 is 5.97 Å². The van der Waals surface area contributed by atoms with Gasteiger partial charge in [-0.15, -0.1) is 0 Å². The summed E-state index contributed by atoms with van der Waals surface area (Å²) in [5, 5.41) is 12.9. The molecule has 1 N–H and O–H groups in total. The second-order valence-electron chi connectivity index (χ2n) is 2.68. The molecule has 0 aliphatic rings. The molecule has 0 aliphatic heterocycles. The number of aromatic carboxylic acids is 1. The molecule has 0 spiro atoms. The predicted molar refractivity (Wildman–Crippen MR) is 52.6 cm³/mol. The van der Waals surface area contributed by atoms with Gasteiger partial charge in [-0.3, -0.25) is 0 Å². The van der Waals surface area contributed by atoms with E-state index >= 15 is 0 Å². The average Bonchev–Trinajstić information content (AvgIpc) is 2.59. The van der Waals surface area contributed by atoms with Crippen molar-refractivity contribution in [2.45, 2.75) is 5.75 Å². The van der Waals surface area contributed by atoms with Crippen molar-refractivity contribution in [1.82, 2.24) is 14.6 Å². The number of hydrogen-bond donors (Lipinski definition) is 2. The lowest BCUT2D eigenvalue weighted by Crippen LogP contribution is -2.00. The summed E-state index contributed by atoms with van der Waals surface area (Å²) < 4.78 is 1.44. The average molecular weight is 209 g/mol. The van der Waals surface area contributed by atoms with E-state index in [2.05, 4.69) is 22.7 Å². The molecule has 6 heteroatoms. The van der Waals surface area contributed by atoms with Crippen LogP contribution < -0.4 is 0 Å². The summed E-state index contributed by atoms with van der Waals surface area (Å²) in [7, 11) is 0. The second-order valence-corrected chi connectivity index (χ2v) is 3.00. The number of pyridine rings is 1. The predicted octanol–water partition coefficient (Wildman–Crippen LogP) is 0.857. The lowest BCUT2D eigenvalue weighted by atomic mass is 10.3. The zero-order valence-corrected chi connectivity index (χ0v) is 7.98. The zero-order chi connectivity index (χ0) is 10.1. The van der Waals surface area contributed by atoms with Gasteiger partial charge < -0.3 is 5.11 Å². The monoisotopic (exact) mass is 209 g/mol. The van der Waals surface area contributed by atoms with Crippen molar-refractivity contribution in [3.63, 3.8) is 0 Å². The lowest BCUT2D eigenvalue weighted by Gasteiger charge is -1.94. The van der Waals surface area contributed by atoms with E-state index in [4.69, 9.17) is 5.11 Å². The summed E-state index contributed by atoms with van der Waals surface area (Å²) in [6.07, 6.45) is 1.65. The highest BCUT2D eigenvalue weighted by Crippen LogP contribution is 2.09. The van der Waals surface area contributed by atoms with Crippen LogP contribution in [0.15, 0.2) is 18.3 Å².